The Kier molecular flexibility index (Phi) is 6.12. The first-order valence-corrected chi connectivity index (χ1v) is 12.4. The van der Waals surface area contributed by atoms with Crippen LogP contribution >= 0.6 is 0 Å². The zero-order valence-electron chi connectivity index (χ0n) is 18.8. The lowest BCUT2D eigenvalue weighted by atomic mass is 10.0. The number of hydrogen-bond donors (Lipinski definition) is 1. The largest absolute Gasteiger partial charge is 0.497 e. The van der Waals surface area contributed by atoms with Gasteiger partial charge in [0.2, 0.25) is 10.0 Å². The second-order valence-electron chi connectivity index (χ2n) is 7.63. The van der Waals surface area contributed by atoms with Gasteiger partial charge in [-0.3, -0.25) is 4.72 Å². The van der Waals surface area contributed by atoms with E-state index in [-0.39, 0.29) is 5.75 Å². The van der Waals surface area contributed by atoms with Gasteiger partial charge in [-0.2, -0.15) is 5.26 Å². The lowest BCUT2D eigenvalue weighted by Gasteiger charge is -2.10. The topological polar surface area (TPSA) is 84.1 Å². The van der Waals surface area contributed by atoms with Gasteiger partial charge >= 0.3 is 0 Å². The number of sulfonamides is 1. The van der Waals surface area contributed by atoms with E-state index in [4.69, 9.17) is 4.74 Å². The lowest BCUT2D eigenvalue weighted by Crippen LogP contribution is -2.14. The van der Waals surface area contributed by atoms with Gasteiger partial charge in [-0.1, -0.05) is 30.3 Å². The number of hydrogen-bond acceptors (Lipinski definition) is 4. The Bertz CT molecular complexity index is 1460. The molecule has 0 aliphatic heterocycles. The summed E-state index contributed by atoms with van der Waals surface area (Å²) in [4.78, 5) is 0. The van der Waals surface area contributed by atoms with Crippen molar-refractivity contribution in [1.82, 2.24) is 4.57 Å². The Balaban J connectivity index is 1.84. The zero-order valence-corrected chi connectivity index (χ0v) is 19.6. The van der Waals surface area contributed by atoms with Crippen LogP contribution in [0.3, 0.4) is 0 Å². The molecule has 0 bridgehead atoms. The van der Waals surface area contributed by atoms with E-state index in [1.165, 1.54) is 0 Å². The van der Waals surface area contributed by atoms with E-state index in [1.54, 1.807) is 26.2 Å². The molecule has 0 saturated carbocycles. The highest BCUT2D eigenvalue weighted by Crippen LogP contribution is 2.36. The van der Waals surface area contributed by atoms with Gasteiger partial charge in [-0.25, -0.2) is 8.42 Å². The third kappa shape index (κ3) is 4.30. The van der Waals surface area contributed by atoms with Crippen LogP contribution in [0.2, 0.25) is 0 Å². The molecular formula is C26H25N3O3S. The van der Waals surface area contributed by atoms with Crippen LogP contribution < -0.4 is 9.46 Å². The quantitative estimate of drug-likeness (QED) is 0.388. The normalized spacial score (nSPS) is 11.3. The van der Waals surface area contributed by atoms with Crippen molar-refractivity contribution in [2.75, 3.05) is 17.6 Å². The lowest BCUT2D eigenvalue weighted by molar-refractivity contribution is 0.415. The molecule has 7 heteroatoms. The highest BCUT2D eigenvalue weighted by molar-refractivity contribution is 7.92. The summed E-state index contributed by atoms with van der Waals surface area (Å²) in [6, 6.07) is 23.5. The number of fused-ring (bicyclic) bond motifs is 1. The Hall–Kier alpha value is -3.76. The predicted molar refractivity (Wildman–Crippen MR) is 133 cm³/mol. The first-order chi connectivity index (χ1) is 15.9. The monoisotopic (exact) mass is 459 g/mol. The summed E-state index contributed by atoms with van der Waals surface area (Å²) in [5, 5.41) is 11.0. The fraction of sp³-hybridized carbons (Fsp3) is 0.192. The van der Waals surface area contributed by atoms with Crippen molar-refractivity contribution in [2.24, 2.45) is 0 Å². The maximum atomic E-state index is 11.9. The third-order valence-electron chi connectivity index (χ3n) is 5.71. The number of aromatic nitrogens is 1. The van der Waals surface area contributed by atoms with Crippen LogP contribution in [0, 0.1) is 11.3 Å². The van der Waals surface area contributed by atoms with E-state index in [1.807, 2.05) is 55.5 Å². The molecular weight excluding hydrogens is 434 g/mol. The molecule has 33 heavy (non-hydrogen) atoms. The molecule has 6 nitrogen and oxygen atoms in total. The zero-order chi connectivity index (χ0) is 23.6. The van der Waals surface area contributed by atoms with Crippen molar-refractivity contribution >= 4 is 26.6 Å². The average molecular weight is 460 g/mol. The van der Waals surface area contributed by atoms with Gasteiger partial charge in [0, 0.05) is 23.1 Å². The molecule has 1 heterocycles. The Morgan fingerprint density at radius 3 is 2.30 bits per heavy atom. The third-order valence-corrected chi connectivity index (χ3v) is 7.01. The van der Waals surface area contributed by atoms with Crippen molar-refractivity contribution in [3.63, 3.8) is 0 Å². The molecule has 0 radical (unpaired) electrons. The van der Waals surface area contributed by atoms with Gasteiger partial charge in [0.25, 0.3) is 0 Å². The molecule has 0 atom stereocenters. The first-order valence-electron chi connectivity index (χ1n) is 10.7. The standard InChI is InChI=1S/C26H25N3O3S/c1-4-29-25-14-11-20(19-7-6-8-22(15-19)32-3)16-23(25)24(17-27)26(29)18-9-12-21(13-10-18)28-33(30,31)5-2/h6-16,28H,4-5H2,1-3H3. The molecule has 0 saturated heterocycles. The summed E-state index contributed by atoms with van der Waals surface area (Å²) < 4.78 is 33.8. The second-order valence-corrected chi connectivity index (χ2v) is 9.64. The minimum absolute atomic E-state index is 0.00697. The predicted octanol–water partition coefficient (Wildman–Crippen LogP) is 5.64. The molecule has 1 aromatic heterocycles. The summed E-state index contributed by atoms with van der Waals surface area (Å²) in [6.45, 7) is 4.33. The van der Waals surface area contributed by atoms with E-state index in [2.05, 4.69) is 21.4 Å². The summed E-state index contributed by atoms with van der Waals surface area (Å²) in [6.07, 6.45) is 0. The summed E-state index contributed by atoms with van der Waals surface area (Å²) in [5.41, 5.74) is 5.76. The van der Waals surface area contributed by atoms with Crippen molar-refractivity contribution in [2.45, 2.75) is 20.4 Å². The Morgan fingerprint density at radius 1 is 0.970 bits per heavy atom. The van der Waals surface area contributed by atoms with E-state index in [0.29, 0.717) is 17.8 Å². The number of benzene rings is 3. The van der Waals surface area contributed by atoms with Crippen molar-refractivity contribution in [1.29, 1.82) is 5.26 Å². The fourth-order valence-corrected chi connectivity index (χ4v) is 4.67. The number of anilines is 1. The maximum Gasteiger partial charge on any atom is 0.232 e. The van der Waals surface area contributed by atoms with Crippen molar-refractivity contribution < 1.29 is 13.2 Å². The van der Waals surface area contributed by atoms with Crippen LogP contribution in [0.5, 0.6) is 5.75 Å². The number of aryl methyl sites for hydroxylation is 1. The minimum Gasteiger partial charge on any atom is -0.497 e. The molecule has 4 aromatic rings. The molecule has 0 fully saturated rings. The van der Waals surface area contributed by atoms with Crippen LogP contribution in [0.1, 0.15) is 19.4 Å². The molecule has 3 aromatic carbocycles. The van der Waals surface area contributed by atoms with Crippen LogP contribution in [0.15, 0.2) is 66.7 Å². The molecule has 0 unspecified atom stereocenters. The highest BCUT2D eigenvalue weighted by Gasteiger charge is 2.19. The molecule has 0 amide bonds. The number of rotatable bonds is 7. The van der Waals surface area contributed by atoms with Crippen molar-refractivity contribution in [3.05, 3.63) is 72.3 Å². The van der Waals surface area contributed by atoms with Gasteiger partial charge in [0.1, 0.15) is 11.8 Å². The van der Waals surface area contributed by atoms with Gasteiger partial charge in [0.15, 0.2) is 0 Å². The number of ether oxygens (including phenoxy) is 1. The van der Waals surface area contributed by atoms with Crippen LogP contribution in [-0.4, -0.2) is 25.8 Å². The molecule has 0 aliphatic carbocycles. The van der Waals surface area contributed by atoms with E-state index in [0.717, 1.165) is 39.0 Å². The van der Waals surface area contributed by atoms with Gasteiger partial charge in [-0.15, -0.1) is 0 Å². The van der Waals surface area contributed by atoms with Crippen LogP contribution in [-0.2, 0) is 16.6 Å². The summed E-state index contributed by atoms with van der Waals surface area (Å²) >= 11 is 0. The molecule has 0 spiro atoms. The fourth-order valence-electron chi connectivity index (χ4n) is 4.03. The van der Waals surface area contributed by atoms with Gasteiger partial charge < -0.3 is 9.30 Å². The van der Waals surface area contributed by atoms with Gasteiger partial charge in [-0.05, 0) is 66.9 Å². The number of nitrogens with one attached hydrogen (secondary N) is 1. The minimum atomic E-state index is -3.35. The van der Waals surface area contributed by atoms with Crippen LogP contribution in [0.25, 0.3) is 33.3 Å². The molecule has 4 rings (SSSR count). The molecule has 0 aliphatic rings. The SMILES string of the molecule is CCn1c(-c2ccc(NS(=O)(=O)CC)cc2)c(C#N)c2cc(-c3cccc(OC)c3)ccc21. The highest BCUT2D eigenvalue weighted by atomic mass is 32.2. The van der Waals surface area contributed by atoms with E-state index < -0.39 is 10.0 Å². The Labute approximate surface area is 194 Å². The number of nitriles is 1. The summed E-state index contributed by atoms with van der Waals surface area (Å²) in [5.74, 6) is 0.784. The summed E-state index contributed by atoms with van der Waals surface area (Å²) in [7, 11) is -1.71. The van der Waals surface area contributed by atoms with E-state index >= 15 is 0 Å². The number of methoxy groups -OCH3 is 1. The molecule has 1 N–H and O–H groups in total. The first kappa shape index (κ1) is 22.4. The van der Waals surface area contributed by atoms with Crippen molar-refractivity contribution in [3.8, 4) is 34.2 Å². The average Bonchev–Trinajstić information content (AvgIpc) is 3.17. The number of nitrogens with zero attached hydrogens (tertiary/aromatic N) is 2. The van der Waals surface area contributed by atoms with Crippen LogP contribution in [0.4, 0.5) is 5.69 Å². The maximum absolute atomic E-state index is 11.9. The Morgan fingerprint density at radius 2 is 1.67 bits per heavy atom. The smallest absolute Gasteiger partial charge is 0.232 e. The molecule has 168 valence electrons. The second kappa shape index (κ2) is 9.00. The van der Waals surface area contributed by atoms with Gasteiger partial charge in [0.05, 0.1) is 24.1 Å². The van der Waals surface area contributed by atoms with E-state index in [9.17, 15) is 13.7 Å².